The number of imidazole rings is 1. The molecule has 0 radical (unpaired) electrons. The van der Waals surface area contributed by atoms with E-state index < -0.39 is 0 Å². The number of hydrogen-bond acceptors (Lipinski definition) is 3. The van der Waals surface area contributed by atoms with Gasteiger partial charge in [0.2, 0.25) is 0 Å². The van der Waals surface area contributed by atoms with Crippen LogP contribution < -0.4 is 5.73 Å². The fraction of sp³-hybridized carbons (Fsp3) is 0.167. The van der Waals surface area contributed by atoms with E-state index in [-0.39, 0.29) is 0 Å². The number of nitrogen functional groups attached to an aromatic ring is 1. The van der Waals surface area contributed by atoms with E-state index in [0.29, 0.717) is 0 Å². The van der Waals surface area contributed by atoms with Crippen LogP contribution in [0.3, 0.4) is 0 Å². The maximum atomic E-state index is 5.79. The van der Waals surface area contributed by atoms with Crippen LogP contribution in [0.5, 0.6) is 0 Å². The summed E-state index contributed by atoms with van der Waals surface area (Å²) < 4.78 is 3.99. The molecule has 2 aromatic heterocycles. The number of fused-ring (bicyclic) bond motifs is 1. The van der Waals surface area contributed by atoms with Gasteiger partial charge in [-0.3, -0.25) is 4.68 Å². The maximum Gasteiger partial charge on any atom is 0.0946 e. The lowest BCUT2D eigenvalue weighted by Gasteiger charge is -2.04. The number of rotatable bonds is 3. The lowest BCUT2D eigenvalue weighted by molar-refractivity contribution is 0.546. The van der Waals surface area contributed by atoms with Gasteiger partial charge < -0.3 is 10.3 Å². The van der Waals surface area contributed by atoms with Crippen LogP contribution in [-0.4, -0.2) is 19.3 Å². The van der Waals surface area contributed by atoms with Crippen LogP contribution in [0.1, 0.15) is 0 Å². The molecule has 3 rings (SSSR count). The molecular formula is C12H13N5. The smallest absolute Gasteiger partial charge is 0.0946 e. The zero-order chi connectivity index (χ0) is 11.7. The van der Waals surface area contributed by atoms with Crippen LogP contribution in [0, 0.1) is 0 Å². The Kier molecular flexibility index (Phi) is 2.29. The molecule has 3 aromatic rings. The van der Waals surface area contributed by atoms with Gasteiger partial charge in [0.05, 0.1) is 24.6 Å². The molecule has 0 atom stereocenters. The van der Waals surface area contributed by atoms with Gasteiger partial charge in [0, 0.05) is 30.0 Å². The first kappa shape index (κ1) is 9.89. The lowest BCUT2D eigenvalue weighted by Crippen LogP contribution is -2.07. The molecule has 17 heavy (non-hydrogen) atoms. The van der Waals surface area contributed by atoms with Crippen molar-refractivity contribution in [2.24, 2.45) is 0 Å². The van der Waals surface area contributed by atoms with E-state index in [1.807, 2.05) is 39.8 Å². The molecule has 0 aliphatic heterocycles. The van der Waals surface area contributed by atoms with Crippen molar-refractivity contribution in [3.8, 4) is 0 Å². The van der Waals surface area contributed by atoms with E-state index in [1.54, 1.807) is 12.5 Å². The Morgan fingerprint density at radius 1 is 1.24 bits per heavy atom. The van der Waals surface area contributed by atoms with Gasteiger partial charge in [0.25, 0.3) is 0 Å². The summed E-state index contributed by atoms with van der Waals surface area (Å²) in [5.41, 5.74) is 7.63. The predicted molar refractivity (Wildman–Crippen MR) is 66.4 cm³/mol. The molecular weight excluding hydrogens is 214 g/mol. The second-order valence-electron chi connectivity index (χ2n) is 3.99. The highest BCUT2D eigenvalue weighted by Gasteiger charge is 2.02. The number of benzene rings is 1. The highest BCUT2D eigenvalue weighted by molar-refractivity contribution is 5.81. The van der Waals surface area contributed by atoms with Crippen molar-refractivity contribution in [1.82, 2.24) is 19.3 Å². The first-order chi connectivity index (χ1) is 8.33. The molecule has 0 aliphatic rings. The summed E-state index contributed by atoms with van der Waals surface area (Å²) in [6.45, 7) is 1.66. The molecule has 5 heteroatoms. The van der Waals surface area contributed by atoms with Crippen molar-refractivity contribution in [3.05, 3.63) is 43.1 Å². The maximum absolute atomic E-state index is 5.79. The van der Waals surface area contributed by atoms with E-state index in [2.05, 4.69) is 10.1 Å². The summed E-state index contributed by atoms with van der Waals surface area (Å²) >= 11 is 0. The minimum absolute atomic E-state index is 0.766. The summed E-state index contributed by atoms with van der Waals surface area (Å²) in [5.74, 6) is 0. The van der Waals surface area contributed by atoms with E-state index >= 15 is 0 Å². The number of nitrogens with two attached hydrogens (primary N) is 1. The van der Waals surface area contributed by atoms with Crippen molar-refractivity contribution < 1.29 is 0 Å². The molecule has 0 aliphatic carbocycles. The first-order valence-corrected chi connectivity index (χ1v) is 5.50. The second kappa shape index (κ2) is 3.93. The Hall–Kier alpha value is -2.30. The molecule has 0 amide bonds. The van der Waals surface area contributed by atoms with Crippen LogP contribution in [0.2, 0.25) is 0 Å². The molecule has 2 N–H and O–H groups in total. The molecule has 1 aromatic carbocycles. The number of anilines is 1. The van der Waals surface area contributed by atoms with Crippen LogP contribution in [0.15, 0.2) is 43.1 Å². The third-order valence-electron chi connectivity index (χ3n) is 2.80. The fourth-order valence-electron chi connectivity index (χ4n) is 1.89. The number of hydrogen-bond donors (Lipinski definition) is 1. The van der Waals surface area contributed by atoms with Crippen LogP contribution in [0.4, 0.5) is 5.69 Å². The van der Waals surface area contributed by atoms with E-state index in [1.165, 1.54) is 0 Å². The quantitative estimate of drug-likeness (QED) is 0.690. The average molecular weight is 227 g/mol. The number of nitrogens with zero attached hydrogens (tertiary/aromatic N) is 4. The van der Waals surface area contributed by atoms with Crippen molar-refractivity contribution in [1.29, 1.82) is 0 Å². The van der Waals surface area contributed by atoms with Crippen LogP contribution >= 0.6 is 0 Å². The van der Waals surface area contributed by atoms with Gasteiger partial charge >= 0.3 is 0 Å². The number of aryl methyl sites for hydroxylation is 2. The third kappa shape index (κ3) is 1.87. The zero-order valence-electron chi connectivity index (χ0n) is 9.32. The normalized spacial score (nSPS) is 11.1. The first-order valence-electron chi connectivity index (χ1n) is 5.50. The van der Waals surface area contributed by atoms with Gasteiger partial charge in [-0.2, -0.15) is 5.10 Å². The molecule has 0 bridgehead atoms. The average Bonchev–Trinajstić information content (AvgIpc) is 2.94. The Morgan fingerprint density at radius 3 is 3.00 bits per heavy atom. The summed E-state index contributed by atoms with van der Waals surface area (Å²) in [7, 11) is 0. The fourth-order valence-corrected chi connectivity index (χ4v) is 1.89. The van der Waals surface area contributed by atoms with Gasteiger partial charge in [-0.1, -0.05) is 0 Å². The molecule has 2 heterocycles. The molecule has 0 saturated heterocycles. The summed E-state index contributed by atoms with van der Waals surface area (Å²) in [6.07, 6.45) is 7.39. The van der Waals surface area contributed by atoms with E-state index in [0.717, 1.165) is 29.7 Å². The van der Waals surface area contributed by atoms with E-state index in [9.17, 15) is 0 Å². The van der Waals surface area contributed by atoms with Crippen molar-refractivity contribution in [3.63, 3.8) is 0 Å². The SMILES string of the molecule is Nc1ccc2cnn(CCn3ccnc3)c2c1. The van der Waals surface area contributed by atoms with Gasteiger partial charge in [-0.25, -0.2) is 4.98 Å². The minimum atomic E-state index is 0.766. The molecule has 0 unspecified atom stereocenters. The van der Waals surface area contributed by atoms with Crippen molar-refractivity contribution in [2.45, 2.75) is 13.1 Å². The third-order valence-corrected chi connectivity index (χ3v) is 2.80. The Morgan fingerprint density at radius 2 is 2.18 bits per heavy atom. The molecule has 0 fully saturated rings. The molecule has 0 saturated carbocycles. The number of aromatic nitrogens is 4. The van der Waals surface area contributed by atoms with Crippen LogP contribution in [0.25, 0.3) is 10.9 Å². The second-order valence-corrected chi connectivity index (χ2v) is 3.99. The Bertz CT molecular complexity index is 623. The summed E-state index contributed by atoms with van der Waals surface area (Å²) in [4.78, 5) is 4.01. The molecule has 86 valence electrons. The zero-order valence-corrected chi connectivity index (χ0v) is 9.32. The van der Waals surface area contributed by atoms with Gasteiger partial charge in [0.15, 0.2) is 0 Å². The largest absolute Gasteiger partial charge is 0.399 e. The van der Waals surface area contributed by atoms with Gasteiger partial charge in [0.1, 0.15) is 0 Å². The van der Waals surface area contributed by atoms with Gasteiger partial charge in [-0.05, 0) is 18.2 Å². The topological polar surface area (TPSA) is 61.7 Å². The monoisotopic (exact) mass is 227 g/mol. The molecule has 5 nitrogen and oxygen atoms in total. The molecule has 0 spiro atoms. The van der Waals surface area contributed by atoms with Crippen LogP contribution in [-0.2, 0) is 13.1 Å². The highest BCUT2D eigenvalue weighted by atomic mass is 15.3. The predicted octanol–water partition coefficient (Wildman–Crippen LogP) is 1.52. The summed E-state index contributed by atoms with van der Waals surface area (Å²) in [6, 6.07) is 5.84. The Balaban J connectivity index is 1.87. The lowest BCUT2D eigenvalue weighted by atomic mass is 10.2. The standard InChI is InChI=1S/C12H13N5/c13-11-2-1-10-8-15-17(12(10)7-11)6-5-16-4-3-14-9-16/h1-4,7-9H,5-6,13H2. The Labute approximate surface area is 98.5 Å². The van der Waals surface area contributed by atoms with Crippen molar-refractivity contribution in [2.75, 3.05) is 5.73 Å². The van der Waals surface area contributed by atoms with E-state index in [4.69, 9.17) is 5.73 Å². The van der Waals surface area contributed by atoms with Crippen molar-refractivity contribution >= 4 is 16.6 Å². The highest BCUT2D eigenvalue weighted by Crippen LogP contribution is 2.16. The van der Waals surface area contributed by atoms with Gasteiger partial charge in [-0.15, -0.1) is 0 Å². The summed E-state index contributed by atoms with van der Waals surface area (Å²) in [5, 5.41) is 5.48. The minimum Gasteiger partial charge on any atom is -0.399 e.